The van der Waals surface area contributed by atoms with Gasteiger partial charge in [-0.05, 0) is 20.0 Å². The van der Waals surface area contributed by atoms with Gasteiger partial charge in [-0.1, -0.05) is 13.8 Å². The molecule has 2 rings (SSSR count). The van der Waals surface area contributed by atoms with Crippen LogP contribution in [0.15, 0.2) is 5.38 Å². The van der Waals surface area contributed by atoms with Crippen molar-refractivity contribution < 1.29 is 0 Å². The van der Waals surface area contributed by atoms with Gasteiger partial charge in [-0.3, -0.25) is 4.90 Å². The first-order valence-electron chi connectivity index (χ1n) is 6.84. The summed E-state index contributed by atoms with van der Waals surface area (Å²) < 4.78 is 0. The number of nitrogens with zero attached hydrogens (tertiary/aromatic N) is 3. The number of hydrogen-bond acceptors (Lipinski definition) is 5. The van der Waals surface area contributed by atoms with Gasteiger partial charge in [0.25, 0.3) is 0 Å². The molecule has 102 valence electrons. The average molecular weight is 268 g/mol. The smallest absolute Gasteiger partial charge is 0.185 e. The Bertz CT molecular complexity index is 366. The highest BCUT2D eigenvalue weighted by atomic mass is 32.1. The van der Waals surface area contributed by atoms with Gasteiger partial charge in [0.05, 0.1) is 5.69 Å². The molecule has 2 heterocycles. The quantitative estimate of drug-likeness (QED) is 0.882. The Labute approximate surface area is 114 Å². The number of rotatable bonds is 5. The van der Waals surface area contributed by atoms with Gasteiger partial charge in [0.2, 0.25) is 0 Å². The van der Waals surface area contributed by atoms with Crippen LogP contribution in [0.4, 0.5) is 5.13 Å². The van der Waals surface area contributed by atoms with Gasteiger partial charge in [-0.15, -0.1) is 11.3 Å². The maximum atomic E-state index is 4.73. The molecular formula is C13H24N4S. The lowest BCUT2D eigenvalue weighted by Gasteiger charge is -2.39. The first-order chi connectivity index (χ1) is 8.74. The zero-order chi connectivity index (χ0) is 13.0. The van der Waals surface area contributed by atoms with E-state index in [0.717, 1.165) is 32.7 Å². The number of anilines is 1. The highest BCUT2D eigenvalue weighted by molar-refractivity contribution is 7.13. The van der Waals surface area contributed by atoms with E-state index in [-0.39, 0.29) is 0 Å². The number of hydrogen-bond donors (Lipinski definition) is 1. The number of piperazine rings is 1. The van der Waals surface area contributed by atoms with Crippen molar-refractivity contribution in [3.8, 4) is 0 Å². The predicted molar refractivity (Wildman–Crippen MR) is 78.4 cm³/mol. The summed E-state index contributed by atoms with van der Waals surface area (Å²) >= 11 is 1.78. The number of aromatic nitrogens is 1. The molecule has 1 aliphatic rings. The Balaban J connectivity index is 1.96. The molecule has 1 unspecified atom stereocenters. The van der Waals surface area contributed by atoms with Crippen LogP contribution in [0.1, 0.15) is 26.0 Å². The molecule has 1 aromatic rings. The molecule has 0 radical (unpaired) electrons. The fraction of sp³-hybridized carbons (Fsp3) is 0.769. The van der Waals surface area contributed by atoms with Gasteiger partial charge in [-0.25, -0.2) is 4.98 Å². The summed E-state index contributed by atoms with van der Waals surface area (Å²) in [5.41, 5.74) is 1.17. The van der Waals surface area contributed by atoms with Crippen molar-refractivity contribution in [2.45, 2.75) is 32.9 Å². The number of nitrogens with one attached hydrogen (secondary N) is 1. The van der Waals surface area contributed by atoms with Gasteiger partial charge in [0.1, 0.15) is 0 Å². The second kappa shape index (κ2) is 6.50. The predicted octanol–water partition coefficient (Wildman–Crippen LogP) is 1.78. The van der Waals surface area contributed by atoms with Crippen LogP contribution in [0, 0.1) is 0 Å². The minimum atomic E-state index is 0.667. The normalized spacial score (nSPS) is 21.5. The van der Waals surface area contributed by atoms with E-state index in [1.165, 1.54) is 17.2 Å². The van der Waals surface area contributed by atoms with E-state index in [2.05, 4.69) is 41.4 Å². The minimum absolute atomic E-state index is 0.667. The summed E-state index contributed by atoms with van der Waals surface area (Å²) in [4.78, 5) is 9.63. The van der Waals surface area contributed by atoms with Crippen LogP contribution in [0.2, 0.25) is 0 Å². The second-order valence-electron chi connectivity index (χ2n) is 4.89. The highest BCUT2D eigenvalue weighted by Gasteiger charge is 2.24. The molecule has 1 N–H and O–H groups in total. The molecule has 1 aliphatic heterocycles. The molecule has 1 fully saturated rings. The molecule has 1 aromatic heterocycles. The standard InChI is InChI=1S/C13H24N4S/c1-4-12-9-17(7-6-16(12)3)13-15-11(10-18-13)8-14-5-2/h10,12,14H,4-9H2,1-3H3. The van der Waals surface area contributed by atoms with E-state index in [9.17, 15) is 0 Å². The number of thiazole rings is 1. The van der Waals surface area contributed by atoms with Gasteiger partial charge in [0.15, 0.2) is 5.13 Å². The first kappa shape index (κ1) is 13.8. The topological polar surface area (TPSA) is 31.4 Å². The summed E-state index contributed by atoms with van der Waals surface area (Å²) in [6.45, 7) is 9.63. The van der Waals surface area contributed by atoms with Gasteiger partial charge >= 0.3 is 0 Å². The Morgan fingerprint density at radius 3 is 3.00 bits per heavy atom. The fourth-order valence-corrected chi connectivity index (χ4v) is 3.20. The van der Waals surface area contributed by atoms with Crippen LogP contribution in [0.5, 0.6) is 0 Å². The third-order valence-corrected chi connectivity index (χ3v) is 4.56. The maximum Gasteiger partial charge on any atom is 0.185 e. The zero-order valence-electron chi connectivity index (χ0n) is 11.6. The van der Waals surface area contributed by atoms with Crippen LogP contribution in [-0.2, 0) is 6.54 Å². The lowest BCUT2D eigenvalue weighted by atomic mass is 10.1. The van der Waals surface area contributed by atoms with E-state index in [0.29, 0.717) is 6.04 Å². The molecule has 1 saturated heterocycles. The maximum absolute atomic E-state index is 4.73. The van der Waals surface area contributed by atoms with Crippen LogP contribution in [0.3, 0.4) is 0 Å². The van der Waals surface area contributed by atoms with Crippen molar-refractivity contribution in [2.24, 2.45) is 0 Å². The lowest BCUT2D eigenvalue weighted by Crippen LogP contribution is -2.51. The molecule has 4 nitrogen and oxygen atoms in total. The van der Waals surface area contributed by atoms with Crippen LogP contribution in [-0.4, -0.2) is 49.2 Å². The summed E-state index contributed by atoms with van der Waals surface area (Å²) in [5, 5.41) is 6.69. The monoisotopic (exact) mass is 268 g/mol. The van der Waals surface area contributed by atoms with E-state index < -0.39 is 0 Å². The SMILES string of the molecule is CCNCc1csc(N2CCN(C)C(CC)C2)n1. The molecule has 1 atom stereocenters. The van der Waals surface area contributed by atoms with E-state index in [1.807, 2.05) is 0 Å². The fourth-order valence-electron chi connectivity index (χ4n) is 2.34. The van der Waals surface area contributed by atoms with Crippen LogP contribution in [0.25, 0.3) is 0 Å². The second-order valence-corrected chi connectivity index (χ2v) is 5.73. The third-order valence-electron chi connectivity index (χ3n) is 3.61. The molecular weight excluding hydrogens is 244 g/mol. The third kappa shape index (κ3) is 3.22. The van der Waals surface area contributed by atoms with Gasteiger partial charge in [-0.2, -0.15) is 0 Å². The highest BCUT2D eigenvalue weighted by Crippen LogP contribution is 2.23. The van der Waals surface area contributed by atoms with Crippen LogP contribution < -0.4 is 10.2 Å². The van der Waals surface area contributed by atoms with Crippen molar-refractivity contribution in [3.63, 3.8) is 0 Å². The Morgan fingerprint density at radius 1 is 1.44 bits per heavy atom. The van der Waals surface area contributed by atoms with E-state index in [1.54, 1.807) is 11.3 Å². The Morgan fingerprint density at radius 2 is 2.28 bits per heavy atom. The summed E-state index contributed by atoms with van der Waals surface area (Å²) in [6.07, 6.45) is 1.21. The van der Waals surface area contributed by atoms with Gasteiger partial charge in [0, 0.05) is 37.6 Å². The molecule has 0 aromatic carbocycles. The lowest BCUT2D eigenvalue weighted by molar-refractivity contribution is 0.213. The molecule has 0 saturated carbocycles. The Hall–Kier alpha value is -0.650. The van der Waals surface area contributed by atoms with Crippen molar-refractivity contribution in [1.82, 2.24) is 15.2 Å². The molecule has 0 bridgehead atoms. The molecule has 5 heteroatoms. The molecule has 0 spiro atoms. The molecule has 18 heavy (non-hydrogen) atoms. The van der Waals surface area contributed by atoms with Crippen molar-refractivity contribution in [2.75, 3.05) is 38.1 Å². The number of likely N-dealkylation sites (N-methyl/N-ethyl adjacent to an activating group) is 1. The zero-order valence-corrected chi connectivity index (χ0v) is 12.5. The molecule has 0 amide bonds. The molecule has 0 aliphatic carbocycles. The largest absolute Gasteiger partial charge is 0.345 e. The average Bonchev–Trinajstić information content (AvgIpc) is 2.85. The summed E-state index contributed by atoms with van der Waals surface area (Å²) in [5.74, 6) is 0. The summed E-state index contributed by atoms with van der Waals surface area (Å²) in [7, 11) is 2.23. The minimum Gasteiger partial charge on any atom is -0.345 e. The van der Waals surface area contributed by atoms with Gasteiger partial charge < -0.3 is 10.2 Å². The van der Waals surface area contributed by atoms with Crippen LogP contribution >= 0.6 is 11.3 Å². The Kier molecular flexibility index (Phi) is 4.97. The van der Waals surface area contributed by atoms with Crippen molar-refractivity contribution in [3.05, 3.63) is 11.1 Å². The van der Waals surface area contributed by atoms with Crippen molar-refractivity contribution in [1.29, 1.82) is 0 Å². The summed E-state index contributed by atoms with van der Waals surface area (Å²) in [6, 6.07) is 0.667. The van der Waals surface area contributed by atoms with E-state index in [4.69, 9.17) is 4.98 Å². The van der Waals surface area contributed by atoms with Crippen molar-refractivity contribution >= 4 is 16.5 Å². The first-order valence-corrected chi connectivity index (χ1v) is 7.72. The van der Waals surface area contributed by atoms with E-state index >= 15 is 0 Å².